The minimum Gasteiger partial charge on any atom is -0.489 e. The van der Waals surface area contributed by atoms with Crippen LogP contribution in [0.15, 0.2) is 23.2 Å². The SMILES string of the molecule is CCOC(=O)CCCN1CCC(=N)C(C=Nc2nnc(-c3ccc(OC(C)C)c(Cl)c3)s2)C1. The Hall–Kier alpha value is -2.36. The second-order valence-corrected chi connectivity index (χ2v) is 9.43. The van der Waals surface area contributed by atoms with Crippen LogP contribution >= 0.6 is 22.9 Å². The number of halogens is 1. The number of esters is 1. The number of ether oxygens (including phenoxy) is 2. The first-order chi connectivity index (χ1) is 15.9. The number of carbonyl (C=O) groups is 1. The summed E-state index contributed by atoms with van der Waals surface area (Å²) in [5.41, 5.74) is 1.52. The van der Waals surface area contributed by atoms with E-state index in [0.29, 0.717) is 47.6 Å². The molecule has 1 atom stereocenters. The van der Waals surface area contributed by atoms with E-state index in [1.807, 2.05) is 39.0 Å². The Balaban J connectivity index is 1.57. The van der Waals surface area contributed by atoms with E-state index in [9.17, 15) is 4.79 Å². The molecule has 1 aromatic heterocycles. The maximum Gasteiger partial charge on any atom is 0.305 e. The monoisotopic (exact) mass is 491 g/mol. The molecule has 1 fully saturated rings. The zero-order chi connectivity index (χ0) is 23.8. The predicted octanol–water partition coefficient (Wildman–Crippen LogP) is 5.03. The highest BCUT2D eigenvalue weighted by Crippen LogP contribution is 2.34. The minimum atomic E-state index is -0.157. The summed E-state index contributed by atoms with van der Waals surface area (Å²) >= 11 is 7.71. The Kier molecular flexibility index (Phi) is 9.34. The van der Waals surface area contributed by atoms with Gasteiger partial charge in [0.25, 0.3) is 0 Å². The standard InChI is InChI=1S/C23H30ClN5O3S/c1-4-31-21(30)6-5-10-29-11-9-19(25)17(14-29)13-26-23-28-27-22(33-23)16-7-8-20(18(24)12-16)32-15(2)3/h7-8,12-13,15,17,25H,4-6,9-11,14H2,1-3H3. The molecule has 0 radical (unpaired) electrons. The number of likely N-dealkylation sites (tertiary alicyclic amines) is 1. The van der Waals surface area contributed by atoms with Gasteiger partial charge in [-0.05, 0) is 58.4 Å². The third-order valence-electron chi connectivity index (χ3n) is 5.08. The van der Waals surface area contributed by atoms with Gasteiger partial charge in [-0.25, -0.2) is 4.99 Å². The molecule has 2 heterocycles. The molecule has 1 N–H and O–H groups in total. The van der Waals surface area contributed by atoms with Crippen molar-refractivity contribution in [3.05, 3.63) is 23.2 Å². The molecule has 1 aliphatic heterocycles. The lowest BCUT2D eigenvalue weighted by molar-refractivity contribution is -0.143. The van der Waals surface area contributed by atoms with Crippen molar-refractivity contribution >= 4 is 46.0 Å². The Morgan fingerprint density at radius 3 is 2.97 bits per heavy atom. The molecule has 1 unspecified atom stereocenters. The van der Waals surface area contributed by atoms with Crippen LogP contribution in [0.3, 0.4) is 0 Å². The maximum atomic E-state index is 11.5. The van der Waals surface area contributed by atoms with Gasteiger partial charge in [-0.1, -0.05) is 22.9 Å². The van der Waals surface area contributed by atoms with Crippen LogP contribution < -0.4 is 4.74 Å². The van der Waals surface area contributed by atoms with Gasteiger partial charge in [0.1, 0.15) is 10.8 Å². The van der Waals surface area contributed by atoms with E-state index in [4.69, 9.17) is 26.5 Å². The fourth-order valence-corrected chi connectivity index (χ4v) is 4.41. The fourth-order valence-electron chi connectivity index (χ4n) is 3.49. The summed E-state index contributed by atoms with van der Waals surface area (Å²) < 4.78 is 10.7. The van der Waals surface area contributed by atoms with E-state index in [-0.39, 0.29) is 18.0 Å². The predicted molar refractivity (Wildman–Crippen MR) is 132 cm³/mol. The molecule has 1 aliphatic rings. The molecular weight excluding hydrogens is 462 g/mol. The van der Waals surface area contributed by atoms with E-state index in [2.05, 4.69) is 20.1 Å². The number of carbonyl (C=O) groups excluding carboxylic acids is 1. The van der Waals surface area contributed by atoms with Gasteiger partial charge in [0, 0.05) is 42.9 Å². The minimum absolute atomic E-state index is 0.0443. The van der Waals surface area contributed by atoms with Gasteiger partial charge in [-0.2, -0.15) is 0 Å². The topological polar surface area (TPSA) is 101 Å². The average molecular weight is 492 g/mol. The number of aromatic nitrogens is 2. The van der Waals surface area contributed by atoms with Crippen molar-refractivity contribution in [1.29, 1.82) is 5.41 Å². The molecule has 10 heteroatoms. The summed E-state index contributed by atoms with van der Waals surface area (Å²) in [5, 5.41) is 18.5. The number of benzene rings is 1. The first-order valence-electron chi connectivity index (χ1n) is 11.1. The molecule has 0 saturated carbocycles. The molecule has 178 valence electrons. The zero-order valence-corrected chi connectivity index (χ0v) is 20.8. The molecule has 2 aromatic rings. The van der Waals surface area contributed by atoms with Gasteiger partial charge in [0.15, 0.2) is 0 Å². The Bertz CT molecular complexity index is 994. The lowest BCUT2D eigenvalue weighted by Crippen LogP contribution is -2.41. The first kappa shape index (κ1) is 25.3. The van der Waals surface area contributed by atoms with Crippen LogP contribution in [0.25, 0.3) is 10.6 Å². The third-order valence-corrected chi connectivity index (χ3v) is 6.26. The normalized spacial score (nSPS) is 17.1. The van der Waals surface area contributed by atoms with Crippen LogP contribution in [0, 0.1) is 11.3 Å². The number of nitrogens with one attached hydrogen (secondary N) is 1. The molecule has 0 spiro atoms. The summed E-state index contributed by atoms with van der Waals surface area (Å²) in [6.07, 6.45) is 3.70. The highest BCUT2D eigenvalue weighted by Gasteiger charge is 2.23. The molecule has 8 nitrogen and oxygen atoms in total. The molecule has 0 aliphatic carbocycles. The lowest BCUT2D eigenvalue weighted by atomic mass is 9.96. The van der Waals surface area contributed by atoms with Crippen LogP contribution in [-0.2, 0) is 9.53 Å². The summed E-state index contributed by atoms with van der Waals surface area (Å²) in [7, 11) is 0. The molecule has 3 rings (SSSR count). The van der Waals surface area contributed by atoms with Crippen LogP contribution in [0.2, 0.25) is 5.02 Å². The molecule has 1 aromatic carbocycles. The number of nitrogens with zero attached hydrogens (tertiary/aromatic N) is 4. The van der Waals surface area contributed by atoms with Gasteiger partial charge < -0.3 is 19.8 Å². The van der Waals surface area contributed by atoms with Crippen LogP contribution in [-0.4, -0.2) is 65.3 Å². The van der Waals surface area contributed by atoms with Crippen molar-refractivity contribution in [2.75, 3.05) is 26.2 Å². The summed E-state index contributed by atoms with van der Waals surface area (Å²) in [5.74, 6) is 0.409. The molecule has 0 amide bonds. The highest BCUT2D eigenvalue weighted by atomic mass is 35.5. The number of piperidine rings is 1. The van der Waals surface area contributed by atoms with Crippen molar-refractivity contribution in [3.63, 3.8) is 0 Å². The second kappa shape index (κ2) is 12.2. The fraction of sp³-hybridized carbons (Fsp3) is 0.522. The maximum absolute atomic E-state index is 11.5. The average Bonchev–Trinajstić information content (AvgIpc) is 3.24. The number of rotatable bonds is 10. The van der Waals surface area contributed by atoms with Crippen molar-refractivity contribution in [2.24, 2.45) is 10.9 Å². The Morgan fingerprint density at radius 2 is 2.24 bits per heavy atom. The van der Waals surface area contributed by atoms with E-state index < -0.39 is 0 Å². The van der Waals surface area contributed by atoms with Gasteiger partial charge in [-0.15, -0.1) is 10.2 Å². The summed E-state index contributed by atoms with van der Waals surface area (Å²) in [6, 6.07) is 5.56. The summed E-state index contributed by atoms with van der Waals surface area (Å²) in [6.45, 7) is 8.47. The van der Waals surface area contributed by atoms with Crippen molar-refractivity contribution < 1.29 is 14.3 Å². The van der Waals surface area contributed by atoms with Gasteiger partial charge >= 0.3 is 5.97 Å². The summed E-state index contributed by atoms with van der Waals surface area (Å²) in [4.78, 5) is 18.3. The number of aliphatic imine (C=N–C) groups is 1. The number of hydrogen-bond donors (Lipinski definition) is 1. The van der Waals surface area contributed by atoms with Crippen molar-refractivity contribution in [1.82, 2.24) is 15.1 Å². The van der Waals surface area contributed by atoms with Crippen molar-refractivity contribution in [3.8, 4) is 16.3 Å². The van der Waals surface area contributed by atoms with Gasteiger partial charge in [0.05, 0.1) is 17.7 Å². The van der Waals surface area contributed by atoms with E-state index in [1.165, 1.54) is 11.3 Å². The first-order valence-corrected chi connectivity index (χ1v) is 12.3. The Labute approximate surface area is 203 Å². The van der Waals surface area contributed by atoms with Gasteiger partial charge in [-0.3, -0.25) is 4.79 Å². The lowest BCUT2D eigenvalue weighted by Gasteiger charge is -2.31. The van der Waals surface area contributed by atoms with E-state index >= 15 is 0 Å². The van der Waals surface area contributed by atoms with Crippen LogP contribution in [0.5, 0.6) is 5.75 Å². The van der Waals surface area contributed by atoms with Gasteiger partial charge in [0.2, 0.25) is 5.13 Å². The largest absolute Gasteiger partial charge is 0.489 e. The quantitative estimate of drug-likeness (QED) is 0.369. The third kappa shape index (κ3) is 7.58. The van der Waals surface area contributed by atoms with E-state index in [1.54, 1.807) is 6.21 Å². The van der Waals surface area contributed by atoms with Crippen molar-refractivity contribution in [2.45, 2.75) is 46.1 Å². The molecular formula is C23H30ClN5O3S. The molecule has 0 bridgehead atoms. The molecule has 1 saturated heterocycles. The molecule has 33 heavy (non-hydrogen) atoms. The van der Waals surface area contributed by atoms with Crippen LogP contribution in [0.1, 0.15) is 40.0 Å². The number of hydrogen-bond acceptors (Lipinski definition) is 9. The smallest absolute Gasteiger partial charge is 0.305 e. The highest BCUT2D eigenvalue weighted by molar-refractivity contribution is 7.18. The zero-order valence-electron chi connectivity index (χ0n) is 19.2. The second-order valence-electron chi connectivity index (χ2n) is 8.07. The van der Waals surface area contributed by atoms with Crippen LogP contribution in [0.4, 0.5) is 5.13 Å². The Morgan fingerprint density at radius 1 is 1.42 bits per heavy atom. The van der Waals surface area contributed by atoms with E-state index in [0.717, 1.165) is 30.1 Å².